The zero-order valence-electron chi connectivity index (χ0n) is 9.56. The largest absolute Gasteiger partial charge is 0.480 e. The molecule has 3 amide bonds. The highest BCUT2D eigenvalue weighted by atomic mass is 16.5. The number of carbonyl (C=O) groups excluding carboxylic acids is 2. The zero-order chi connectivity index (χ0) is 13.3. The van der Waals surface area contributed by atoms with Crippen LogP contribution in [0.25, 0.3) is 0 Å². The number of amides is 3. The number of urea groups is 1. The standard InChI is InChI=1S/C9H17N3O5/c1-17-4-2-3-11-9(16)12-6(8(14)15)5-7(10)13/h6H,2-5H2,1H3,(H2,10,13)(H,14,15)(H2,11,12,16). The Bertz CT molecular complexity index is 282. The second-order valence-electron chi connectivity index (χ2n) is 3.31. The summed E-state index contributed by atoms with van der Waals surface area (Å²) < 4.78 is 4.77. The SMILES string of the molecule is COCCCNC(=O)NC(CC(N)=O)C(=O)O. The number of methoxy groups -OCH3 is 1. The number of ether oxygens (including phenoxy) is 1. The number of carboxylic acid groups (broad SMARTS) is 1. The maximum atomic E-state index is 11.2. The molecule has 0 fully saturated rings. The van der Waals surface area contributed by atoms with Crippen molar-refractivity contribution in [2.75, 3.05) is 20.3 Å². The van der Waals surface area contributed by atoms with Gasteiger partial charge >= 0.3 is 12.0 Å². The van der Waals surface area contributed by atoms with Gasteiger partial charge in [0.2, 0.25) is 5.91 Å². The van der Waals surface area contributed by atoms with E-state index in [1.54, 1.807) is 0 Å². The number of nitrogens with one attached hydrogen (secondary N) is 2. The lowest BCUT2D eigenvalue weighted by atomic mass is 10.2. The van der Waals surface area contributed by atoms with Crippen LogP contribution in [0.15, 0.2) is 0 Å². The Morgan fingerprint density at radius 1 is 1.41 bits per heavy atom. The summed E-state index contributed by atoms with van der Waals surface area (Å²) in [6.07, 6.45) is 0.165. The van der Waals surface area contributed by atoms with Crippen LogP contribution in [-0.4, -0.2) is 49.3 Å². The summed E-state index contributed by atoms with van der Waals surface area (Å²) in [6, 6.07) is -1.97. The van der Waals surface area contributed by atoms with Crippen LogP contribution >= 0.6 is 0 Å². The molecule has 8 nitrogen and oxygen atoms in total. The lowest BCUT2D eigenvalue weighted by Crippen LogP contribution is -2.47. The average Bonchev–Trinajstić information content (AvgIpc) is 2.22. The predicted octanol–water partition coefficient (Wildman–Crippen LogP) is -1.35. The van der Waals surface area contributed by atoms with Crippen molar-refractivity contribution >= 4 is 17.9 Å². The third kappa shape index (κ3) is 8.03. The minimum absolute atomic E-state index is 0.350. The summed E-state index contributed by atoms with van der Waals surface area (Å²) in [5, 5.41) is 13.3. The first kappa shape index (κ1) is 15.2. The Morgan fingerprint density at radius 2 is 2.06 bits per heavy atom. The van der Waals surface area contributed by atoms with E-state index in [9.17, 15) is 14.4 Å². The fraction of sp³-hybridized carbons (Fsp3) is 0.667. The van der Waals surface area contributed by atoms with Crippen molar-refractivity contribution in [1.29, 1.82) is 0 Å². The van der Waals surface area contributed by atoms with E-state index in [0.29, 0.717) is 19.6 Å². The third-order valence-electron chi connectivity index (χ3n) is 1.82. The van der Waals surface area contributed by atoms with Gasteiger partial charge in [0.25, 0.3) is 0 Å². The molecule has 0 radical (unpaired) electrons. The fourth-order valence-corrected chi connectivity index (χ4v) is 1.03. The van der Waals surface area contributed by atoms with Crippen LogP contribution in [0.4, 0.5) is 4.79 Å². The normalized spacial score (nSPS) is 11.6. The Kier molecular flexibility index (Phi) is 7.44. The maximum absolute atomic E-state index is 11.2. The zero-order valence-corrected chi connectivity index (χ0v) is 9.56. The molecular weight excluding hydrogens is 230 g/mol. The van der Waals surface area contributed by atoms with E-state index in [1.165, 1.54) is 7.11 Å². The number of hydrogen-bond donors (Lipinski definition) is 4. The van der Waals surface area contributed by atoms with Crippen molar-refractivity contribution in [3.8, 4) is 0 Å². The highest BCUT2D eigenvalue weighted by molar-refractivity contribution is 5.87. The molecule has 1 unspecified atom stereocenters. The first-order valence-electron chi connectivity index (χ1n) is 5.01. The van der Waals surface area contributed by atoms with Gasteiger partial charge in [-0.05, 0) is 6.42 Å². The van der Waals surface area contributed by atoms with Crippen molar-refractivity contribution in [1.82, 2.24) is 10.6 Å². The third-order valence-corrected chi connectivity index (χ3v) is 1.82. The number of aliphatic carboxylic acids is 1. The molecular formula is C9H17N3O5. The van der Waals surface area contributed by atoms with Crippen LogP contribution < -0.4 is 16.4 Å². The van der Waals surface area contributed by atoms with E-state index in [-0.39, 0.29) is 0 Å². The molecule has 0 spiro atoms. The summed E-state index contributed by atoms with van der Waals surface area (Å²) in [5.74, 6) is -2.10. The number of carbonyl (C=O) groups is 3. The molecule has 98 valence electrons. The molecule has 0 aromatic carbocycles. The molecule has 1 atom stereocenters. The molecule has 8 heteroatoms. The van der Waals surface area contributed by atoms with E-state index < -0.39 is 30.4 Å². The Labute approximate surface area is 98.5 Å². The van der Waals surface area contributed by atoms with Crippen molar-refractivity contribution in [2.45, 2.75) is 18.9 Å². The lowest BCUT2D eigenvalue weighted by Gasteiger charge is -2.13. The minimum atomic E-state index is -1.31. The summed E-state index contributed by atoms with van der Waals surface area (Å²) in [5.41, 5.74) is 4.86. The Hall–Kier alpha value is -1.83. The van der Waals surface area contributed by atoms with E-state index in [4.69, 9.17) is 15.6 Å². The summed E-state index contributed by atoms with van der Waals surface area (Å²) >= 11 is 0. The van der Waals surface area contributed by atoms with Gasteiger partial charge < -0.3 is 26.2 Å². The van der Waals surface area contributed by atoms with Crippen LogP contribution in [0.5, 0.6) is 0 Å². The molecule has 0 aromatic heterocycles. The highest BCUT2D eigenvalue weighted by Gasteiger charge is 2.21. The fourth-order valence-electron chi connectivity index (χ4n) is 1.03. The molecule has 0 aliphatic heterocycles. The van der Waals surface area contributed by atoms with Gasteiger partial charge in [0.15, 0.2) is 0 Å². The minimum Gasteiger partial charge on any atom is -0.480 e. The Balaban J connectivity index is 3.96. The van der Waals surface area contributed by atoms with Crippen LogP contribution in [0, 0.1) is 0 Å². The molecule has 0 saturated heterocycles. The lowest BCUT2D eigenvalue weighted by molar-refractivity contribution is -0.140. The number of nitrogens with two attached hydrogens (primary N) is 1. The molecule has 0 aliphatic carbocycles. The van der Waals surface area contributed by atoms with Crippen molar-refractivity contribution in [3.63, 3.8) is 0 Å². The Morgan fingerprint density at radius 3 is 2.53 bits per heavy atom. The van der Waals surface area contributed by atoms with Gasteiger partial charge in [0.05, 0.1) is 6.42 Å². The van der Waals surface area contributed by atoms with Gasteiger partial charge in [0, 0.05) is 20.3 Å². The van der Waals surface area contributed by atoms with E-state index in [1.807, 2.05) is 0 Å². The van der Waals surface area contributed by atoms with Crippen molar-refractivity contribution < 1.29 is 24.2 Å². The van der Waals surface area contributed by atoms with Gasteiger partial charge in [-0.3, -0.25) is 4.79 Å². The van der Waals surface area contributed by atoms with Gasteiger partial charge in [-0.2, -0.15) is 0 Å². The molecule has 0 bridgehead atoms. The summed E-state index contributed by atoms with van der Waals surface area (Å²) in [7, 11) is 1.54. The average molecular weight is 247 g/mol. The quantitative estimate of drug-likeness (QED) is 0.394. The molecule has 0 aliphatic rings. The molecule has 5 N–H and O–H groups in total. The number of rotatable bonds is 8. The van der Waals surface area contributed by atoms with Crippen molar-refractivity contribution in [2.24, 2.45) is 5.73 Å². The van der Waals surface area contributed by atoms with Crippen molar-refractivity contribution in [3.05, 3.63) is 0 Å². The van der Waals surface area contributed by atoms with Gasteiger partial charge in [-0.1, -0.05) is 0 Å². The maximum Gasteiger partial charge on any atom is 0.326 e. The van der Waals surface area contributed by atoms with Crippen LogP contribution in [0.2, 0.25) is 0 Å². The summed E-state index contributed by atoms with van der Waals surface area (Å²) in [4.78, 5) is 32.5. The number of primary amides is 1. The molecule has 0 heterocycles. The molecule has 17 heavy (non-hydrogen) atoms. The van der Waals surface area contributed by atoms with E-state index in [0.717, 1.165) is 0 Å². The molecule has 0 saturated carbocycles. The molecule has 0 rings (SSSR count). The number of carboxylic acids is 1. The smallest absolute Gasteiger partial charge is 0.326 e. The van der Waals surface area contributed by atoms with Crippen LogP contribution in [0.3, 0.4) is 0 Å². The first-order chi connectivity index (χ1) is 7.97. The second kappa shape index (κ2) is 8.34. The molecule has 0 aromatic rings. The van der Waals surface area contributed by atoms with Crippen LogP contribution in [-0.2, 0) is 14.3 Å². The second-order valence-corrected chi connectivity index (χ2v) is 3.31. The first-order valence-corrected chi connectivity index (χ1v) is 5.01. The van der Waals surface area contributed by atoms with Gasteiger partial charge in [-0.15, -0.1) is 0 Å². The number of hydrogen-bond acceptors (Lipinski definition) is 4. The van der Waals surface area contributed by atoms with Gasteiger partial charge in [0.1, 0.15) is 6.04 Å². The van der Waals surface area contributed by atoms with E-state index in [2.05, 4.69) is 10.6 Å². The van der Waals surface area contributed by atoms with E-state index >= 15 is 0 Å². The predicted molar refractivity (Wildman–Crippen MR) is 58.3 cm³/mol. The monoisotopic (exact) mass is 247 g/mol. The van der Waals surface area contributed by atoms with Gasteiger partial charge in [-0.25, -0.2) is 9.59 Å². The topological polar surface area (TPSA) is 131 Å². The summed E-state index contributed by atoms with van der Waals surface area (Å²) in [6.45, 7) is 0.840. The van der Waals surface area contributed by atoms with Crippen LogP contribution in [0.1, 0.15) is 12.8 Å². The highest BCUT2D eigenvalue weighted by Crippen LogP contribution is 1.91.